The van der Waals surface area contributed by atoms with Gasteiger partial charge in [-0.05, 0) is 12.1 Å². The minimum Gasteiger partial charge on any atom is -0.487 e. The first-order valence-electron chi connectivity index (χ1n) is 6.05. The zero-order valence-electron chi connectivity index (χ0n) is 10.5. The van der Waals surface area contributed by atoms with Crippen molar-refractivity contribution in [3.05, 3.63) is 18.2 Å². The van der Waals surface area contributed by atoms with Crippen LogP contribution in [0.2, 0.25) is 0 Å². The van der Waals surface area contributed by atoms with E-state index in [0.29, 0.717) is 63.4 Å². The average Bonchev–Trinajstić information content (AvgIpc) is 2.41. The van der Waals surface area contributed by atoms with E-state index < -0.39 is 0 Å². The highest BCUT2D eigenvalue weighted by Crippen LogP contribution is 2.31. The molecule has 0 aliphatic carbocycles. The smallest absolute Gasteiger partial charge is 0.298 e. The van der Waals surface area contributed by atoms with Gasteiger partial charge in [0.2, 0.25) is 0 Å². The first kappa shape index (κ1) is 13.6. The molecule has 0 saturated carbocycles. The number of benzene rings is 1. The van der Waals surface area contributed by atoms with E-state index in [9.17, 15) is 4.79 Å². The van der Waals surface area contributed by atoms with Crippen LogP contribution in [0.1, 0.15) is 0 Å². The Kier molecular flexibility index (Phi) is 5.46. The van der Waals surface area contributed by atoms with Crippen molar-refractivity contribution < 1.29 is 28.5 Å². The Labute approximate surface area is 111 Å². The van der Waals surface area contributed by atoms with Gasteiger partial charge in [0, 0.05) is 6.07 Å². The van der Waals surface area contributed by atoms with Crippen molar-refractivity contribution >= 4 is 6.47 Å². The summed E-state index contributed by atoms with van der Waals surface area (Å²) in [5, 5.41) is 0. The molecule has 1 aromatic rings. The normalized spacial score (nSPS) is 16.8. The summed E-state index contributed by atoms with van der Waals surface area (Å²) in [7, 11) is 0. The van der Waals surface area contributed by atoms with Crippen molar-refractivity contribution in [1.82, 2.24) is 0 Å². The van der Waals surface area contributed by atoms with E-state index in [0.717, 1.165) is 0 Å². The zero-order chi connectivity index (χ0) is 13.3. The first-order valence-corrected chi connectivity index (χ1v) is 6.05. The second-order valence-electron chi connectivity index (χ2n) is 3.74. The average molecular weight is 268 g/mol. The predicted molar refractivity (Wildman–Crippen MR) is 65.8 cm³/mol. The molecule has 0 aromatic heterocycles. The predicted octanol–water partition coefficient (Wildman–Crippen LogP) is 1.03. The fourth-order valence-electron chi connectivity index (χ4n) is 1.59. The SMILES string of the molecule is O=COc1ccc2c(c1)OCCOCCOCCO2. The molecule has 104 valence electrons. The summed E-state index contributed by atoms with van der Waals surface area (Å²) in [6, 6.07) is 4.94. The van der Waals surface area contributed by atoms with Crippen LogP contribution in [0.25, 0.3) is 0 Å². The van der Waals surface area contributed by atoms with Crippen LogP contribution in [0.4, 0.5) is 0 Å². The van der Waals surface area contributed by atoms with Gasteiger partial charge in [-0.25, -0.2) is 0 Å². The van der Waals surface area contributed by atoms with Crippen LogP contribution in [0.3, 0.4) is 0 Å². The maximum absolute atomic E-state index is 10.3. The largest absolute Gasteiger partial charge is 0.487 e. The Hall–Kier alpha value is -1.79. The van der Waals surface area contributed by atoms with Crippen LogP contribution in [0, 0.1) is 0 Å². The molecule has 1 heterocycles. The molecule has 0 amide bonds. The van der Waals surface area contributed by atoms with E-state index >= 15 is 0 Å². The summed E-state index contributed by atoms with van der Waals surface area (Å²) in [6.07, 6.45) is 0. The molecule has 1 aromatic carbocycles. The number of hydrogen-bond donors (Lipinski definition) is 0. The van der Waals surface area contributed by atoms with E-state index in [-0.39, 0.29) is 0 Å². The lowest BCUT2D eigenvalue weighted by molar-refractivity contribution is -0.120. The van der Waals surface area contributed by atoms with Crippen molar-refractivity contribution in [1.29, 1.82) is 0 Å². The Morgan fingerprint density at radius 1 is 0.895 bits per heavy atom. The zero-order valence-corrected chi connectivity index (χ0v) is 10.5. The van der Waals surface area contributed by atoms with Gasteiger partial charge < -0.3 is 23.7 Å². The van der Waals surface area contributed by atoms with Gasteiger partial charge in [-0.2, -0.15) is 0 Å². The van der Waals surface area contributed by atoms with Gasteiger partial charge in [-0.1, -0.05) is 0 Å². The van der Waals surface area contributed by atoms with E-state index in [1.54, 1.807) is 18.2 Å². The molecule has 0 saturated heterocycles. The number of carbonyl (C=O) groups excluding carboxylic acids is 1. The van der Waals surface area contributed by atoms with Gasteiger partial charge in [0.15, 0.2) is 11.5 Å². The van der Waals surface area contributed by atoms with Gasteiger partial charge in [-0.15, -0.1) is 0 Å². The lowest BCUT2D eigenvalue weighted by Gasteiger charge is -2.15. The van der Waals surface area contributed by atoms with Crippen molar-refractivity contribution in [2.45, 2.75) is 0 Å². The van der Waals surface area contributed by atoms with Crippen LogP contribution in [-0.2, 0) is 14.3 Å². The van der Waals surface area contributed by atoms with E-state index in [1.165, 1.54) is 0 Å². The molecule has 0 fully saturated rings. The molecule has 6 nitrogen and oxygen atoms in total. The fourth-order valence-corrected chi connectivity index (χ4v) is 1.59. The minimum atomic E-state index is 0.370. The Morgan fingerprint density at radius 2 is 1.53 bits per heavy atom. The molecular weight excluding hydrogens is 252 g/mol. The Bertz CT molecular complexity index is 406. The summed E-state index contributed by atoms with van der Waals surface area (Å²) in [6.45, 7) is 3.20. The molecule has 1 aliphatic heterocycles. The monoisotopic (exact) mass is 268 g/mol. The van der Waals surface area contributed by atoms with Crippen molar-refractivity contribution in [2.75, 3.05) is 39.6 Å². The molecule has 6 heteroatoms. The summed E-state index contributed by atoms with van der Waals surface area (Å²) < 4.78 is 26.5. The lowest BCUT2D eigenvalue weighted by Crippen LogP contribution is -2.15. The second-order valence-corrected chi connectivity index (χ2v) is 3.74. The highest BCUT2D eigenvalue weighted by atomic mass is 16.6. The summed E-state index contributed by atoms with van der Waals surface area (Å²) in [5.74, 6) is 1.51. The summed E-state index contributed by atoms with van der Waals surface area (Å²) in [5.41, 5.74) is 0. The summed E-state index contributed by atoms with van der Waals surface area (Å²) >= 11 is 0. The van der Waals surface area contributed by atoms with Crippen molar-refractivity contribution in [2.24, 2.45) is 0 Å². The van der Waals surface area contributed by atoms with Crippen molar-refractivity contribution in [3.63, 3.8) is 0 Å². The molecule has 2 rings (SSSR count). The third-order valence-corrected chi connectivity index (χ3v) is 2.44. The molecular formula is C13H16O6. The van der Waals surface area contributed by atoms with Gasteiger partial charge in [-0.3, -0.25) is 4.79 Å². The Balaban J connectivity index is 2.08. The molecule has 0 atom stereocenters. The minimum absolute atomic E-state index is 0.370. The molecule has 0 bridgehead atoms. The molecule has 0 N–H and O–H groups in total. The molecule has 0 spiro atoms. The van der Waals surface area contributed by atoms with Gasteiger partial charge >= 0.3 is 0 Å². The third-order valence-electron chi connectivity index (χ3n) is 2.44. The quantitative estimate of drug-likeness (QED) is 0.746. The standard InChI is InChI=1S/C13H16O6/c14-10-19-11-1-2-12-13(9-11)18-8-6-16-4-3-15-5-7-17-12/h1-2,9-10H,3-8H2. The highest BCUT2D eigenvalue weighted by Gasteiger charge is 2.08. The van der Waals surface area contributed by atoms with Gasteiger partial charge in [0.1, 0.15) is 19.0 Å². The topological polar surface area (TPSA) is 63.2 Å². The second kappa shape index (κ2) is 7.60. The maximum atomic E-state index is 10.3. The van der Waals surface area contributed by atoms with Gasteiger partial charge in [0.05, 0.1) is 26.4 Å². The van der Waals surface area contributed by atoms with Crippen LogP contribution in [0.5, 0.6) is 17.2 Å². The van der Waals surface area contributed by atoms with Crippen LogP contribution in [-0.4, -0.2) is 46.1 Å². The fraction of sp³-hybridized carbons (Fsp3) is 0.462. The van der Waals surface area contributed by atoms with E-state index in [2.05, 4.69) is 0 Å². The number of fused-ring (bicyclic) bond motifs is 1. The first-order chi connectivity index (χ1) is 9.40. The lowest BCUT2D eigenvalue weighted by atomic mass is 10.3. The van der Waals surface area contributed by atoms with Crippen molar-refractivity contribution in [3.8, 4) is 17.2 Å². The number of ether oxygens (including phenoxy) is 5. The number of rotatable bonds is 2. The number of carbonyl (C=O) groups is 1. The third kappa shape index (κ3) is 4.42. The van der Waals surface area contributed by atoms with Gasteiger partial charge in [0.25, 0.3) is 6.47 Å². The van der Waals surface area contributed by atoms with E-state index in [4.69, 9.17) is 23.7 Å². The van der Waals surface area contributed by atoms with E-state index in [1.807, 2.05) is 0 Å². The summed E-state index contributed by atoms with van der Waals surface area (Å²) in [4.78, 5) is 10.3. The molecule has 0 radical (unpaired) electrons. The van der Waals surface area contributed by atoms with Crippen LogP contribution >= 0.6 is 0 Å². The molecule has 1 aliphatic rings. The highest BCUT2D eigenvalue weighted by molar-refractivity contribution is 5.51. The number of hydrogen-bond acceptors (Lipinski definition) is 6. The molecule has 19 heavy (non-hydrogen) atoms. The van der Waals surface area contributed by atoms with Crippen LogP contribution in [0.15, 0.2) is 18.2 Å². The maximum Gasteiger partial charge on any atom is 0.298 e. The molecule has 0 unspecified atom stereocenters. The van der Waals surface area contributed by atoms with Crippen LogP contribution < -0.4 is 14.2 Å². The Morgan fingerprint density at radius 3 is 2.21 bits per heavy atom.